The minimum absolute atomic E-state index is 0.0525. The lowest BCUT2D eigenvalue weighted by Gasteiger charge is -2.19. The highest BCUT2D eigenvalue weighted by Gasteiger charge is 2.21. The molecule has 0 spiro atoms. The second kappa shape index (κ2) is 11.2. The predicted octanol–water partition coefficient (Wildman–Crippen LogP) is 5.20. The molecule has 0 aromatic rings. The molecule has 0 bridgehead atoms. The van der Waals surface area contributed by atoms with E-state index in [9.17, 15) is 8.78 Å². The van der Waals surface area contributed by atoms with Gasteiger partial charge >= 0.3 is 0 Å². The summed E-state index contributed by atoms with van der Waals surface area (Å²) >= 11 is 0. The molecule has 1 atom stereocenters. The van der Waals surface area contributed by atoms with E-state index in [0.29, 0.717) is 11.3 Å². The molecule has 1 N–H and O–H groups in total. The summed E-state index contributed by atoms with van der Waals surface area (Å²) < 4.78 is 25.3. The molecule has 0 fully saturated rings. The molecule has 0 aromatic carbocycles. The lowest BCUT2D eigenvalue weighted by atomic mass is 10.0. The van der Waals surface area contributed by atoms with Gasteiger partial charge in [-0.2, -0.15) is 10.2 Å². The van der Waals surface area contributed by atoms with Crippen LogP contribution in [0.5, 0.6) is 0 Å². The highest BCUT2D eigenvalue weighted by atomic mass is 19.3. The van der Waals surface area contributed by atoms with Crippen LogP contribution in [0.15, 0.2) is 57.9 Å². The smallest absolute Gasteiger partial charge is 0.278 e. The maximum absolute atomic E-state index is 12.7. The lowest BCUT2D eigenvalue weighted by Crippen LogP contribution is -2.29. The highest BCUT2D eigenvalue weighted by molar-refractivity contribution is 6.16. The summed E-state index contributed by atoms with van der Waals surface area (Å²) in [4.78, 5) is 0. The molecule has 0 amide bonds. The van der Waals surface area contributed by atoms with Crippen LogP contribution in [0, 0.1) is 11.8 Å². The van der Waals surface area contributed by atoms with E-state index in [-0.39, 0.29) is 18.2 Å². The number of nitrogens with one attached hydrogen (secondary N) is 1. The largest absolute Gasteiger partial charge is 0.372 e. The zero-order valence-electron chi connectivity index (χ0n) is 15.9. The number of allylic oxidation sites excluding steroid dienone is 5. The minimum atomic E-state index is -2.57. The zero-order valence-corrected chi connectivity index (χ0v) is 15.9. The third-order valence-corrected chi connectivity index (χ3v) is 3.89. The summed E-state index contributed by atoms with van der Waals surface area (Å²) in [6.45, 7) is 11.9. The molecule has 1 heterocycles. The van der Waals surface area contributed by atoms with Gasteiger partial charge in [0.15, 0.2) is 0 Å². The maximum Gasteiger partial charge on any atom is 0.278 e. The number of hydrogen-bond acceptors (Lipinski definition) is 3. The number of alkyl halides is 2. The van der Waals surface area contributed by atoms with E-state index in [1.165, 1.54) is 0 Å². The number of rotatable bonds is 9. The Morgan fingerprint density at radius 3 is 2.54 bits per heavy atom. The van der Waals surface area contributed by atoms with Gasteiger partial charge in [-0.3, -0.25) is 0 Å². The van der Waals surface area contributed by atoms with E-state index in [1.807, 2.05) is 26.0 Å². The fraction of sp³-hybridized carbons (Fsp3) is 0.429. The summed E-state index contributed by atoms with van der Waals surface area (Å²) in [6, 6.07) is 0.0982. The van der Waals surface area contributed by atoms with Crippen molar-refractivity contribution in [3.8, 4) is 11.8 Å². The molecule has 0 saturated carbocycles. The normalized spacial score (nSPS) is 16.3. The molecule has 1 aliphatic rings. The minimum Gasteiger partial charge on any atom is -0.372 e. The molecule has 5 heteroatoms. The second-order valence-electron chi connectivity index (χ2n) is 5.77. The van der Waals surface area contributed by atoms with Crippen molar-refractivity contribution in [3.63, 3.8) is 0 Å². The third-order valence-electron chi connectivity index (χ3n) is 3.89. The lowest BCUT2D eigenvalue weighted by molar-refractivity contribution is 0.224. The summed E-state index contributed by atoms with van der Waals surface area (Å²) in [5.41, 5.74) is 2.85. The Morgan fingerprint density at radius 1 is 1.31 bits per heavy atom. The fourth-order valence-corrected chi connectivity index (χ4v) is 2.47. The van der Waals surface area contributed by atoms with Crippen LogP contribution in [0.25, 0.3) is 0 Å². The topological polar surface area (TPSA) is 36.8 Å². The van der Waals surface area contributed by atoms with Crippen LogP contribution in [0.4, 0.5) is 8.78 Å². The molecule has 0 aromatic heterocycles. The molecule has 0 saturated heterocycles. The average Bonchev–Trinajstić information content (AvgIpc) is 3.11. The first-order valence-electron chi connectivity index (χ1n) is 8.81. The summed E-state index contributed by atoms with van der Waals surface area (Å²) in [5, 5.41) is 10.8. The molecule has 1 rings (SSSR count). The van der Waals surface area contributed by atoms with Gasteiger partial charge in [-0.05, 0) is 43.8 Å². The van der Waals surface area contributed by atoms with Crippen LogP contribution in [-0.4, -0.2) is 23.9 Å². The van der Waals surface area contributed by atoms with E-state index in [4.69, 9.17) is 0 Å². The van der Waals surface area contributed by atoms with E-state index < -0.39 is 6.43 Å². The first-order valence-corrected chi connectivity index (χ1v) is 8.81. The van der Waals surface area contributed by atoms with Crippen molar-refractivity contribution in [1.29, 1.82) is 0 Å². The molecule has 140 valence electrons. The summed E-state index contributed by atoms with van der Waals surface area (Å²) in [6.07, 6.45) is 7.08. The first kappa shape index (κ1) is 21.6. The van der Waals surface area contributed by atoms with Crippen LogP contribution < -0.4 is 5.32 Å². The van der Waals surface area contributed by atoms with Gasteiger partial charge in [0.05, 0.1) is 17.5 Å². The Hall–Kier alpha value is -2.48. The Morgan fingerprint density at radius 2 is 2.04 bits per heavy atom. The second-order valence-corrected chi connectivity index (χ2v) is 5.77. The van der Waals surface area contributed by atoms with Crippen molar-refractivity contribution in [2.75, 3.05) is 0 Å². The van der Waals surface area contributed by atoms with Crippen LogP contribution in [-0.2, 0) is 0 Å². The fourth-order valence-electron chi connectivity index (χ4n) is 2.47. The average molecular weight is 359 g/mol. The van der Waals surface area contributed by atoms with Gasteiger partial charge in [-0.1, -0.05) is 50.7 Å². The van der Waals surface area contributed by atoms with E-state index in [1.54, 1.807) is 6.08 Å². The molecule has 1 aliphatic heterocycles. The molecule has 26 heavy (non-hydrogen) atoms. The quantitative estimate of drug-likeness (QED) is 0.446. The van der Waals surface area contributed by atoms with E-state index >= 15 is 0 Å². The Kier molecular flexibility index (Phi) is 9.29. The zero-order chi connectivity index (χ0) is 19.5. The van der Waals surface area contributed by atoms with Crippen molar-refractivity contribution >= 4 is 11.4 Å². The summed E-state index contributed by atoms with van der Waals surface area (Å²) in [5.74, 6) is 6.00. The van der Waals surface area contributed by atoms with Crippen LogP contribution in [0.2, 0.25) is 0 Å². The highest BCUT2D eigenvalue weighted by Crippen LogP contribution is 2.17. The number of halogens is 2. The van der Waals surface area contributed by atoms with Crippen molar-refractivity contribution in [1.82, 2.24) is 5.32 Å². The van der Waals surface area contributed by atoms with Gasteiger partial charge in [0.25, 0.3) is 6.43 Å². The van der Waals surface area contributed by atoms with Crippen molar-refractivity contribution in [2.45, 2.75) is 59.4 Å². The van der Waals surface area contributed by atoms with Gasteiger partial charge in [-0.15, -0.1) is 0 Å². The molecule has 0 radical (unpaired) electrons. The van der Waals surface area contributed by atoms with Gasteiger partial charge < -0.3 is 5.32 Å². The van der Waals surface area contributed by atoms with E-state index in [0.717, 1.165) is 24.1 Å². The van der Waals surface area contributed by atoms with Crippen LogP contribution >= 0.6 is 0 Å². The number of nitrogens with zero attached hydrogens (tertiary/aromatic N) is 2. The molecule has 0 aliphatic carbocycles. The molecule has 1 unspecified atom stereocenters. The standard InChI is InChI=1S/C21H27F2N3/c1-6-10-17(11-7-2)24-18(9-4)16(8-3)13-12-15(5)19-14-20(21(22)23)26-25-19/h8,10,12-13,18,21,24H,5-6,9,14H2,1-4H3/b13-12-,16-8+,17-10+. The van der Waals surface area contributed by atoms with Crippen molar-refractivity contribution < 1.29 is 8.78 Å². The van der Waals surface area contributed by atoms with Crippen LogP contribution in [0.1, 0.15) is 47.0 Å². The third kappa shape index (κ3) is 6.44. The molecule has 3 nitrogen and oxygen atoms in total. The summed E-state index contributed by atoms with van der Waals surface area (Å²) in [7, 11) is 0. The van der Waals surface area contributed by atoms with Gasteiger partial charge in [0.2, 0.25) is 0 Å². The van der Waals surface area contributed by atoms with Gasteiger partial charge in [0.1, 0.15) is 5.71 Å². The Balaban J connectivity index is 2.81. The molecular formula is C21H27F2N3. The van der Waals surface area contributed by atoms with Crippen LogP contribution in [0.3, 0.4) is 0 Å². The van der Waals surface area contributed by atoms with Crippen molar-refractivity contribution in [3.05, 3.63) is 47.7 Å². The predicted molar refractivity (Wildman–Crippen MR) is 107 cm³/mol. The van der Waals surface area contributed by atoms with Gasteiger partial charge in [0, 0.05) is 6.42 Å². The Labute approximate surface area is 155 Å². The van der Waals surface area contributed by atoms with Gasteiger partial charge in [-0.25, -0.2) is 8.78 Å². The molecular weight excluding hydrogens is 332 g/mol. The van der Waals surface area contributed by atoms with Crippen molar-refractivity contribution in [2.24, 2.45) is 10.2 Å². The van der Waals surface area contributed by atoms with E-state index in [2.05, 4.69) is 53.9 Å². The monoisotopic (exact) mass is 359 g/mol. The Bertz CT molecular complexity index is 713. The SMILES string of the molecule is C=C(/C=C\C(=C/C)C(CC)N/C(C#CC)=C/CC)C1=NN=C(C(F)F)C1. The number of hydrogen-bond donors (Lipinski definition) is 1. The first-order chi connectivity index (χ1) is 12.5. The maximum atomic E-state index is 12.7.